The van der Waals surface area contributed by atoms with Crippen LogP contribution in [-0.4, -0.2) is 31.3 Å². The van der Waals surface area contributed by atoms with Crippen LogP contribution in [0, 0.1) is 19.3 Å². The van der Waals surface area contributed by atoms with Gasteiger partial charge in [0.1, 0.15) is 5.75 Å². The second kappa shape index (κ2) is 7.70. The molecule has 0 saturated carbocycles. The first-order chi connectivity index (χ1) is 11.7. The van der Waals surface area contributed by atoms with Crippen LogP contribution in [0.25, 0.3) is 11.1 Å². The number of carbonyl (C=O) groups is 1. The van der Waals surface area contributed by atoms with Gasteiger partial charge in [-0.1, -0.05) is 32.0 Å². The van der Waals surface area contributed by atoms with Gasteiger partial charge in [0.05, 0.1) is 6.61 Å². The van der Waals surface area contributed by atoms with E-state index >= 15 is 0 Å². The lowest BCUT2D eigenvalue weighted by Gasteiger charge is -2.23. The molecule has 0 radical (unpaired) electrons. The van der Waals surface area contributed by atoms with E-state index in [0.29, 0.717) is 18.7 Å². The minimum atomic E-state index is -0.118. The molecule has 0 heterocycles. The third-order valence-corrected chi connectivity index (χ3v) is 4.46. The van der Waals surface area contributed by atoms with Crippen molar-refractivity contribution in [1.82, 2.24) is 5.32 Å². The minimum Gasteiger partial charge on any atom is -0.508 e. The van der Waals surface area contributed by atoms with Crippen LogP contribution < -0.4 is 5.32 Å². The van der Waals surface area contributed by atoms with Crippen molar-refractivity contribution in [3.05, 3.63) is 53.1 Å². The van der Waals surface area contributed by atoms with E-state index in [9.17, 15) is 9.90 Å². The summed E-state index contributed by atoms with van der Waals surface area (Å²) in [6.45, 7) is 9.10. The normalized spacial score (nSPS) is 11.4. The molecule has 0 saturated heterocycles. The number of rotatable bonds is 6. The van der Waals surface area contributed by atoms with E-state index in [1.807, 2.05) is 44.2 Å². The molecule has 4 heteroatoms. The number of ether oxygens (including phenoxy) is 1. The Labute approximate surface area is 149 Å². The van der Waals surface area contributed by atoms with Gasteiger partial charge >= 0.3 is 0 Å². The SMILES string of the molecule is COCC(C)(C)CNC(=O)c1cccc(-c2ccc(O)c(C)c2C)c1. The van der Waals surface area contributed by atoms with E-state index in [0.717, 1.165) is 22.3 Å². The van der Waals surface area contributed by atoms with Crippen LogP contribution in [0.4, 0.5) is 0 Å². The summed E-state index contributed by atoms with van der Waals surface area (Å²) in [7, 11) is 1.66. The zero-order valence-corrected chi connectivity index (χ0v) is 15.6. The molecule has 1 amide bonds. The summed E-state index contributed by atoms with van der Waals surface area (Å²) in [6, 6.07) is 11.1. The van der Waals surface area contributed by atoms with Gasteiger partial charge in [0.25, 0.3) is 5.91 Å². The van der Waals surface area contributed by atoms with Crippen LogP contribution in [0.1, 0.15) is 35.3 Å². The summed E-state index contributed by atoms with van der Waals surface area (Å²) >= 11 is 0. The van der Waals surface area contributed by atoms with Crippen molar-refractivity contribution in [2.45, 2.75) is 27.7 Å². The van der Waals surface area contributed by atoms with Crippen molar-refractivity contribution >= 4 is 5.91 Å². The van der Waals surface area contributed by atoms with E-state index in [2.05, 4.69) is 19.2 Å². The van der Waals surface area contributed by atoms with Crippen molar-refractivity contribution in [1.29, 1.82) is 0 Å². The number of phenols is 1. The number of nitrogens with one attached hydrogen (secondary N) is 1. The lowest BCUT2D eigenvalue weighted by atomic mass is 9.94. The fourth-order valence-corrected chi connectivity index (χ4v) is 2.81. The molecule has 0 aromatic heterocycles. The molecule has 2 aromatic carbocycles. The number of amides is 1. The van der Waals surface area contributed by atoms with Gasteiger partial charge in [-0.05, 0) is 54.3 Å². The number of aromatic hydroxyl groups is 1. The molecule has 0 fully saturated rings. The second-order valence-corrected chi connectivity index (χ2v) is 7.24. The van der Waals surface area contributed by atoms with Gasteiger partial charge in [-0.2, -0.15) is 0 Å². The Balaban J connectivity index is 2.22. The smallest absolute Gasteiger partial charge is 0.251 e. The van der Waals surface area contributed by atoms with Gasteiger partial charge in [-0.3, -0.25) is 4.79 Å². The molecular formula is C21H27NO3. The Kier molecular flexibility index (Phi) is 5.85. The highest BCUT2D eigenvalue weighted by molar-refractivity contribution is 5.95. The number of benzene rings is 2. The molecule has 0 aliphatic rings. The Bertz CT molecular complexity index is 766. The summed E-state index contributed by atoms with van der Waals surface area (Å²) in [5, 5.41) is 12.8. The Morgan fingerprint density at radius 1 is 1.16 bits per heavy atom. The van der Waals surface area contributed by atoms with Gasteiger partial charge in [-0.25, -0.2) is 0 Å². The average molecular weight is 341 g/mol. The van der Waals surface area contributed by atoms with E-state index < -0.39 is 0 Å². The topological polar surface area (TPSA) is 58.6 Å². The second-order valence-electron chi connectivity index (χ2n) is 7.24. The van der Waals surface area contributed by atoms with Crippen molar-refractivity contribution < 1.29 is 14.6 Å². The largest absolute Gasteiger partial charge is 0.508 e. The highest BCUT2D eigenvalue weighted by Gasteiger charge is 2.19. The fraction of sp³-hybridized carbons (Fsp3) is 0.381. The monoisotopic (exact) mass is 341 g/mol. The molecule has 0 aliphatic carbocycles. The van der Waals surface area contributed by atoms with Crippen molar-refractivity contribution in [2.75, 3.05) is 20.3 Å². The van der Waals surface area contributed by atoms with E-state index in [1.54, 1.807) is 13.2 Å². The summed E-state index contributed by atoms with van der Waals surface area (Å²) < 4.78 is 5.18. The average Bonchev–Trinajstić information content (AvgIpc) is 2.58. The zero-order valence-electron chi connectivity index (χ0n) is 15.6. The summed E-state index contributed by atoms with van der Waals surface area (Å²) in [6.07, 6.45) is 0. The Hall–Kier alpha value is -2.33. The van der Waals surface area contributed by atoms with Crippen LogP contribution in [0.5, 0.6) is 5.75 Å². The van der Waals surface area contributed by atoms with E-state index in [4.69, 9.17) is 4.74 Å². The first-order valence-electron chi connectivity index (χ1n) is 8.42. The number of phenolic OH excluding ortho intramolecular Hbond substituents is 1. The van der Waals surface area contributed by atoms with Gasteiger partial charge in [-0.15, -0.1) is 0 Å². The molecule has 0 aliphatic heterocycles. The summed E-state index contributed by atoms with van der Waals surface area (Å²) in [5.41, 5.74) is 4.35. The molecule has 2 aromatic rings. The van der Waals surface area contributed by atoms with E-state index in [-0.39, 0.29) is 17.1 Å². The highest BCUT2D eigenvalue weighted by atomic mass is 16.5. The molecule has 4 nitrogen and oxygen atoms in total. The maximum atomic E-state index is 12.5. The van der Waals surface area contributed by atoms with Crippen LogP contribution in [0.2, 0.25) is 0 Å². The van der Waals surface area contributed by atoms with Crippen LogP contribution in [0.15, 0.2) is 36.4 Å². The van der Waals surface area contributed by atoms with E-state index in [1.165, 1.54) is 0 Å². The predicted molar refractivity (Wildman–Crippen MR) is 101 cm³/mol. The number of carbonyl (C=O) groups excluding carboxylic acids is 1. The molecule has 0 bridgehead atoms. The molecule has 25 heavy (non-hydrogen) atoms. The lowest BCUT2D eigenvalue weighted by molar-refractivity contribution is 0.0847. The Morgan fingerprint density at radius 2 is 1.88 bits per heavy atom. The minimum absolute atomic E-state index is 0.0980. The van der Waals surface area contributed by atoms with Crippen LogP contribution in [-0.2, 0) is 4.74 Å². The first-order valence-corrected chi connectivity index (χ1v) is 8.42. The quantitative estimate of drug-likeness (QED) is 0.832. The number of hydrogen-bond donors (Lipinski definition) is 2. The predicted octanol–water partition coefficient (Wildman–Crippen LogP) is 4.08. The number of hydrogen-bond acceptors (Lipinski definition) is 3. The highest BCUT2D eigenvalue weighted by Crippen LogP contribution is 2.30. The van der Waals surface area contributed by atoms with Gasteiger partial charge < -0.3 is 15.2 Å². The van der Waals surface area contributed by atoms with Gasteiger partial charge in [0.15, 0.2) is 0 Å². The Morgan fingerprint density at radius 3 is 2.56 bits per heavy atom. The summed E-state index contributed by atoms with van der Waals surface area (Å²) in [5.74, 6) is 0.190. The summed E-state index contributed by atoms with van der Waals surface area (Å²) in [4.78, 5) is 12.5. The number of methoxy groups -OCH3 is 1. The molecule has 2 rings (SSSR count). The molecule has 134 valence electrons. The van der Waals surface area contributed by atoms with Gasteiger partial charge in [0.2, 0.25) is 0 Å². The fourth-order valence-electron chi connectivity index (χ4n) is 2.81. The molecule has 0 spiro atoms. The van der Waals surface area contributed by atoms with Gasteiger partial charge in [0, 0.05) is 24.6 Å². The first kappa shape index (κ1) is 19.0. The standard InChI is InChI=1S/C21H27NO3/c1-14-15(2)19(23)10-9-18(14)16-7-6-8-17(11-16)20(24)22-12-21(3,4)13-25-5/h6-11,23H,12-13H2,1-5H3,(H,22,24). The van der Waals surface area contributed by atoms with Crippen molar-refractivity contribution in [3.63, 3.8) is 0 Å². The lowest BCUT2D eigenvalue weighted by Crippen LogP contribution is -2.36. The van der Waals surface area contributed by atoms with Crippen LogP contribution >= 0.6 is 0 Å². The zero-order chi connectivity index (χ0) is 18.6. The maximum absolute atomic E-state index is 12.5. The molecule has 2 N–H and O–H groups in total. The maximum Gasteiger partial charge on any atom is 0.251 e. The van der Waals surface area contributed by atoms with Crippen molar-refractivity contribution in [2.24, 2.45) is 5.41 Å². The third kappa shape index (κ3) is 4.60. The third-order valence-electron chi connectivity index (χ3n) is 4.46. The van der Waals surface area contributed by atoms with Crippen LogP contribution in [0.3, 0.4) is 0 Å². The van der Waals surface area contributed by atoms with Crippen molar-refractivity contribution in [3.8, 4) is 16.9 Å². The molecular weight excluding hydrogens is 314 g/mol. The molecule has 0 atom stereocenters. The molecule has 0 unspecified atom stereocenters.